The van der Waals surface area contributed by atoms with Crippen LogP contribution in [0.25, 0.3) is 0 Å². The number of nitrogens with one attached hydrogen (secondary N) is 1. The molecule has 1 N–H and O–H groups in total. The maximum Gasteiger partial charge on any atom is 0.243 e. The van der Waals surface area contributed by atoms with Crippen molar-refractivity contribution in [1.82, 2.24) is 14.2 Å². The molecule has 160 valence electrons. The molecule has 2 aliphatic heterocycles. The molecular weight excluding hydrogens is 404 g/mol. The molecule has 0 saturated carbocycles. The highest BCUT2D eigenvalue weighted by molar-refractivity contribution is 7.89. The average molecular weight is 431 g/mol. The van der Waals surface area contributed by atoms with Gasteiger partial charge in [0.25, 0.3) is 0 Å². The summed E-state index contributed by atoms with van der Waals surface area (Å²) in [6, 6.07) is 6.73. The predicted octanol–water partition coefficient (Wildman–Crippen LogP) is 1.34. The lowest BCUT2D eigenvalue weighted by Crippen LogP contribution is -2.49. The number of piperazine rings is 1. The van der Waals surface area contributed by atoms with Crippen molar-refractivity contribution in [1.29, 1.82) is 0 Å². The van der Waals surface area contributed by atoms with Crippen LogP contribution in [0.1, 0.15) is 27.3 Å². The molecule has 1 aromatic carbocycles. The van der Waals surface area contributed by atoms with Crippen LogP contribution in [0.15, 0.2) is 29.2 Å². The average Bonchev–Trinajstić information content (AvgIpc) is 3.19. The number of carbonyl (C=O) groups is 2. The fourth-order valence-electron chi connectivity index (χ4n) is 4.19. The van der Waals surface area contributed by atoms with Crippen molar-refractivity contribution in [2.24, 2.45) is 0 Å². The first kappa shape index (κ1) is 20.8. The molecule has 0 unspecified atom stereocenters. The highest BCUT2D eigenvalue weighted by Gasteiger charge is 2.32. The number of Topliss-reactive ketones (excluding diaryl/α,β-unsaturated/α-hetero) is 1. The van der Waals surface area contributed by atoms with Gasteiger partial charge in [-0.1, -0.05) is 0 Å². The first-order valence-electron chi connectivity index (χ1n) is 9.98. The molecule has 0 atom stereocenters. The third kappa shape index (κ3) is 3.68. The van der Waals surface area contributed by atoms with Crippen molar-refractivity contribution in [3.8, 4) is 0 Å². The molecule has 1 aromatic heterocycles. The third-order valence-corrected chi connectivity index (χ3v) is 7.81. The monoisotopic (exact) mass is 430 g/mol. The number of H-pyrrole nitrogens is 1. The number of ketones is 1. The lowest BCUT2D eigenvalue weighted by atomic mass is 10.1. The fourth-order valence-corrected chi connectivity index (χ4v) is 5.66. The summed E-state index contributed by atoms with van der Waals surface area (Å²) in [5.74, 6) is 0.00579. The Bertz CT molecular complexity index is 1110. The van der Waals surface area contributed by atoms with Crippen LogP contribution in [0.3, 0.4) is 0 Å². The largest absolute Gasteiger partial charge is 0.362 e. The summed E-state index contributed by atoms with van der Waals surface area (Å²) in [6.45, 7) is 5.73. The molecule has 4 rings (SSSR count). The molecular formula is C21H26N4O4S. The summed E-state index contributed by atoms with van der Waals surface area (Å²) in [4.78, 5) is 31.4. The van der Waals surface area contributed by atoms with Crippen molar-refractivity contribution < 1.29 is 18.0 Å². The number of nitrogens with zero attached hydrogens (tertiary/aromatic N) is 3. The molecule has 2 aliphatic rings. The Morgan fingerprint density at radius 2 is 1.80 bits per heavy atom. The minimum atomic E-state index is -3.64. The molecule has 30 heavy (non-hydrogen) atoms. The SMILES string of the molecule is Cc1cc(C(=O)CN2CCN(S(=O)(=O)c3ccc4c(c3)CC(=O)N4C)CC2)c(C)[nH]1. The number of anilines is 1. The van der Waals surface area contributed by atoms with Crippen LogP contribution in [0.5, 0.6) is 0 Å². The van der Waals surface area contributed by atoms with Crippen molar-refractivity contribution >= 4 is 27.4 Å². The number of hydrogen-bond donors (Lipinski definition) is 1. The molecule has 0 radical (unpaired) electrons. The number of sulfonamides is 1. The van der Waals surface area contributed by atoms with Crippen LogP contribution >= 0.6 is 0 Å². The van der Waals surface area contributed by atoms with Gasteiger partial charge in [0.1, 0.15) is 0 Å². The van der Waals surface area contributed by atoms with E-state index >= 15 is 0 Å². The number of benzene rings is 1. The van der Waals surface area contributed by atoms with Crippen LogP contribution in [0, 0.1) is 13.8 Å². The van der Waals surface area contributed by atoms with E-state index in [0.717, 1.165) is 22.6 Å². The van der Waals surface area contributed by atoms with Crippen molar-refractivity contribution in [3.05, 3.63) is 46.8 Å². The van der Waals surface area contributed by atoms with Gasteiger partial charge in [0.2, 0.25) is 15.9 Å². The molecule has 8 nitrogen and oxygen atoms in total. The molecule has 2 aromatic rings. The van der Waals surface area contributed by atoms with E-state index in [1.54, 1.807) is 30.1 Å². The minimum absolute atomic E-state index is 0.0364. The van der Waals surface area contributed by atoms with Crippen LogP contribution in [0.2, 0.25) is 0 Å². The number of amides is 1. The van der Waals surface area contributed by atoms with E-state index in [-0.39, 0.29) is 29.6 Å². The van der Waals surface area contributed by atoms with E-state index in [1.807, 2.05) is 24.8 Å². The van der Waals surface area contributed by atoms with Crippen molar-refractivity contribution in [2.75, 3.05) is 44.7 Å². The molecule has 3 heterocycles. The summed E-state index contributed by atoms with van der Waals surface area (Å²) in [6.07, 6.45) is 0.225. The lowest BCUT2D eigenvalue weighted by molar-refractivity contribution is -0.117. The zero-order valence-corrected chi connectivity index (χ0v) is 18.3. The van der Waals surface area contributed by atoms with E-state index in [0.29, 0.717) is 31.7 Å². The van der Waals surface area contributed by atoms with Gasteiger partial charge in [-0.2, -0.15) is 4.31 Å². The van der Waals surface area contributed by atoms with Crippen LogP contribution < -0.4 is 4.90 Å². The number of hydrogen-bond acceptors (Lipinski definition) is 5. The Kier molecular flexibility index (Phi) is 5.29. The van der Waals surface area contributed by atoms with Gasteiger partial charge in [-0.3, -0.25) is 14.5 Å². The first-order chi connectivity index (χ1) is 14.2. The maximum atomic E-state index is 13.1. The quantitative estimate of drug-likeness (QED) is 0.723. The highest BCUT2D eigenvalue weighted by atomic mass is 32.2. The number of aromatic amines is 1. The minimum Gasteiger partial charge on any atom is -0.362 e. The van der Waals surface area contributed by atoms with Gasteiger partial charge in [-0.15, -0.1) is 0 Å². The van der Waals surface area contributed by atoms with Gasteiger partial charge in [-0.05, 0) is 43.7 Å². The molecule has 1 fully saturated rings. The molecule has 1 saturated heterocycles. The smallest absolute Gasteiger partial charge is 0.243 e. The number of likely N-dealkylation sites (N-methyl/N-ethyl adjacent to an activating group) is 1. The highest BCUT2D eigenvalue weighted by Crippen LogP contribution is 2.31. The summed E-state index contributed by atoms with van der Waals surface area (Å²) in [5, 5.41) is 0. The van der Waals surface area contributed by atoms with E-state index in [1.165, 1.54) is 4.31 Å². The van der Waals surface area contributed by atoms with Gasteiger partial charge in [0.05, 0.1) is 17.9 Å². The Balaban J connectivity index is 1.41. The Morgan fingerprint density at radius 1 is 1.10 bits per heavy atom. The summed E-state index contributed by atoms with van der Waals surface area (Å²) in [5.41, 5.74) is 4.01. The van der Waals surface area contributed by atoms with E-state index in [2.05, 4.69) is 4.98 Å². The zero-order chi connectivity index (χ0) is 21.6. The Hall–Kier alpha value is -2.49. The van der Waals surface area contributed by atoms with E-state index in [9.17, 15) is 18.0 Å². The summed E-state index contributed by atoms with van der Waals surface area (Å²) >= 11 is 0. The normalized spacial score (nSPS) is 18.1. The second kappa shape index (κ2) is 7.64. The molecule has 0 bridgehead atoms. The maximum absolute atomic E-state index is 13.1. The zero-order valence-electron chi connectivity index (χ0n) is 17.4. The molecule has 0 aliphatic carbocycles. The summed E-state index contributed by atoms with van der Waals surface area (Å²) in [7, 11) is -1.95. The van der Waals surface area contributed by atoms with Gasteiger partial charge in [0, 0.05) is 55.9 Å². The lowest BCUT2D eigenvalue weighted by Gasteiger charge is -2.33. The Morgan fingerprint density at radius 3 is 2.43 bits per heavy atom. The van der Waals surface area contributed by atoms with Gasteiger partial charge < -0.3 is 9.88 Å². The van der Waals surface area contributed by atoms with Crippen molar-refractivity contribution in [3.63, 3.8) is 0 Å². The fraction of sp³-hybridized carbons (Fsp3) is 0.429. The second-order valence-corrected chi connectivity index (χ2v) is 9.95. The number of fused-ring (bicyclic) bond motifs is 1. The second-order valence-electron chi connectivity index (χ2n) is 8.01. The Labute approximate surface area is 176 Å². The van der Waals surface area contributed by atoms with Crippen molar-refractivity contribution in [2.45, 2.75) is 25.2 Å². The standard InChI is InChI=1S/C21H26N4O4S/c1-14-10-18(15(2)22-14)20(26)13-24-6-8-25(9-7-24)30(28,29)17-4-5-19-16(11-17)12-21(27)23(19)3/h4-5,10-11,22H,6-9,12-13H2,1-3H3. The van der Waals surface area contributed by atoms with Crippen LogP contribution in [-0.4, -0.2) is 74.1 Å². The summed E-state index contributed by atoms with van der Waals surface area (Å²) < 4.78 is 27.6. The number of carbonyl (C=O) groups excluding carboxylic acids is 2. The molecule has 9 heteroatoms. The van der Waals surface area contributed by atoms with Gasteiger partial charge in [0.15, 0.2) is 5.78 Å². The number of aromatic nitrogens is 1. The van der Waals surface area contributed by atoms with Gasteiger partial charge >= 0.3 is 0 Å². The third-order valence-electron chi connectivity index (χ3n) is 5.91. The molecule has 0 spiro atoms. The van der Waals surface area contributed by atoms with E-state index in [4.69, 9.17) is 0 Å². The number of aryl methyl sites for hydroxylation is 2. The molecule has 1 amide bonds. The van der Waals surface area contributed by atoms with Crippen LogP contribution in [0.4, 0.5) is 5.69 Å². The number of rotatable bonds is 5. The predicted molar refractivity (Wildman–Crippen MR) is 113 cm³/mol. The van der Waals surface area contributed by atoms with E-state index < -0.39 is 10.0 Å². The van der Waals surface area contributed by atoms with Gasteiger partial charge in [-0.25, -0.2) is 8.42 Å². The first-order valence-corrected chi connectivity index (χ1v) is 11.4. The topological polar surface area (TPSA) is 93.8 Å². The van der Waals surface area contributed by atoms with Crippen LogP contribution in [-0.2, 0) is 21.2 Å².